The molecule has 100 valence electrons. The van der Waals surface area contributed by atoms with E-state index in [1.807, 2.05) is 25.1 Å². The fraction of sp³-hybridized carbons (Fsp3) is 0.500. The Bertz CT molecular complexity index is 376. The van der Waals surface area contributed by atoms with Gasteiger partial charge in [0, 0.05) is 7.11 Å². The summed E-state index contributed by atoms with van der Waals surface area (Å²) in [5.41, 5.74) is 0.967. The molecule has 0 aliphatic heterocycles. The SMILES string of the molecule is CCCCC(Oc1cccc(COC)c1)C(=O)O. The second kappa shape index (κ2) is 7.71. The van der Waals surface area contributed by atoms with E-state index in [-0.39, 0.29) is 0 Å². The lowest BCUT2D eigenvalue weighted by molar-refractivity contribution is -0.145. The van der Waals surface area contributed by atoms with Crippen molar-refractivity contribution in [2.24, 2.45) is 0 Å². The van der Waals surface area contributed by atoms with E-state index in [0.717, 1.165) is 18.4 Å². The second-order valence-corrected chi connectivity index (χ2v) is 4.17. The molecule has 1 unspecified atom stereocenters. The molecule has 0 amide bonds. The van der Waals surface area contributed by atoms with E-state index in [1.165, 1.54) is 0 Å². The molecule has 0 saturated heterocycles. The highest BCUT2D eigenvalue weighted by molar-refractivity contribution is 5.72. The van der Waals surface area contributed by atoms with E-state index < -0.39 is 12.1 Å². The molecule has 1 aromatic rings. The number of carboxylic acids is 1. The molecule has 1 aromatic carbocycles. The lowest BCUT2D eigenvalue weighted by Crippen LogP contribution is -2.26. The van der Waals surface area contributed by atoms with E-state index in [4.69, 9.17) is 14.6 Å². The minimum atomic E-state index is -0.916. The highest BCUT2D eigenvalue weighted by atomic mass is 16.5. The summed E-state index contributed by atoms with van der Waals surface area (Å²) in [6.45, 7) is 2.52. The Morgan fingerprint density at radius 1 is 1.44 bits per heavy atom. The molecule has 0 aliphatic carbocycles. The summed E-state index contributed by atoms with van der Waals surface area (Å²) in [6, 6.07) is 7.33. The van der Waals surface area contributed by atoms with E-state index in [1.54, 1.807) is 13.2 Å². The average Bonchev–Trinajstić information content (AvgIpc) is 2.35. The molecular formula is C14H20O4. The van der Waals surface area contributed by atoms with Crippen LogP contribution in [0, 0.1) is 0 Å². The molecule has 0 bridgehead atoms. The first-order valence-electron chi connectivity index (χ1n) is 6.14. The molecule has 4 heteroatoms. The molecule has 1 atom stereocenters. The molecule has 0 aliphatic rings. The quantitative estimate of drug-likeness (QED) is 0.773. The maximum Gasteiger partial charge on any atom is 0.344 e. The Kier molecular flexibility index (Phi) is 6.22. The van der Waals surface area contributed by atoms with Crippen molar-refractivity contribution in [3.8, 4) is 5.75 Å². The van der Waals surface area contributed by atoms with Crippen molar-refractivity contribution in [2.75, 3.05) is 7.11 Å². The number of aliphatic carboxylic acids is 1. The van der Waals surface area contributed by atoms with Crippen LogP contribution in [0.3, 0.4) is 0 Å². The van der Waals surface area contributed by atoms with Crippen molar-refractivity contribution >= 4 is 5.97 Å². The zero-order chi connectivity index (χ0) is 13.4. The van der Waals surface area contributed by atoms with Crippen LogP contribution in [0.4, 0.5) is 0 Å². The Hall–Kier alpha value is -1.55. The number of methoxy groups -OCH3 is 1. The molecule has 0 fully saturated rings. The standard InChI is InChI=1S/C14H20O4/c1-3-4-8-13(14(15)16)18-12-7-5-6-11(9-12)10-17-2/h5-7,9,13H,3-4,8,10H2,1-2H3,(H,15,16). The summed E-state index contributed by atoms with van der Waals surface area (Å²) in [7, 11) is 1.62. The average molecular weight is 252 g/mol. The fourth-order valence-electron chi connectivity index (χ4n) is 1.66. The van der Waals surface area contributed by atoms with Crippen LogP contribution in [0.2, 0.25) is 0 Å². The third-order valence-corrected chi connectivity index (χ3v) is 2.58. The number of unbranched alkanes of at least 4 members (excludes halogenated alkanes) is 1. The predicted molar refractivity (Wildman–Crippen MR) is 68.7 cm³/mol. The zero-order valence-corrected chi connectivity index (χ0v) is 10.9. The largest absolute Gasteiger partial charge is 0.479 e. The summed E-state index contributed by atoms with van der Waals surface area (Å²) in [4.78, 5) is 11.1. The third-order valence-electron chi connectivity index (χ3n) is 2.58. The number of ether oxygens (including phenoxy) is 2. The zero-order valence-electron chi connectivity index (χ0n) is 10.9. The van der Waals surface area contributed by atoms with Crippen LogP contribution in [0.5, 0.6) is 5.75 Å². The van der Waals surface area contributed by atoms with Crippen LogP contribution in [0.15, 0.2) is 24.3 Å². The number of hydrogen-bond donors (Lipinski definition) is 1. The van der Waals surface area contributed by atoms with Gasteiger partial charge in [0.15, 0.2) is 6.10 Å². The highest BCUT2D eigenvalue weighted by Gasteiger charge is 2.18. The summed E-state index contributed by atoms with van der Waals surface area (Å²) in [6.07, 6.45) is 1.55. The molecule has 4 nitrogen and oxygen atoms in total. The Morgan fingerprint density at radius 2 is 2.22 bits per heavy atom. The maximum atomic E-state index is 11.1. The molecule has 18 heavy (non-hydrogen) atoms. The van der Waals surface area contributed by atoms with Gasteiger partial charge < -0.3 is 14.6 Å². The van der Waals surface area contributed by atoms with Gasteiger partial charge in [-0.25, -0.2) is 4.79 Å². The van der Waals surface area contributed by atoms with Crippen LogP contribution in [-0.2, 0) is 16.1 Å². The van der Waals surface area contributed by atoms with Crippen molar-refractivity contribution in [2.45, 2.75) is 38.9 Å². The molecule has 0 heterocycles. The van der Waals surface area contributed by atoms with Crippen molar-refractivity contribution in [3.63, 3.8) is 0 Å². The summed E-state index contributed by atoms with van der Waals surface area (Å²) >= 11 is 0. The van der Waals surface area contributed by atoms with Gasteiger partial charge in [0.1, 0.15) is 5.75 Å². The van der Waals surface area contributed by atoms with Crippen molar-refractivity contribution in [1.29, 1.82) is 0 Å². The normalized spacial score (nSPS) is 12.1. The smallest absolute Gasteiger partial charge is 0.344 e. The summed E-state index contributed by atoms with van der Waals surface area (Å²) < 4.78 is 10.5. The number of carboxylic acid groups (broad SMARTS) is 1. The van der Waals surface area contributed by atoms with Gasteiger partial charge in [-0.15, -0.1) is 0 Å². The molecule has 0 radical (unpaired) electrons. The van der Waals surface area contributed by atoms with Gasteiger partial charge in [0.25, 0.3) is 0 Å². The fourth-order valence-corrected chi connectivity index (χ4v) is 1.66. The maximum absolute atomic E-state index is 11.1. The lowest BCUT2D eigenvalue weighted by atomic mass is 10.1. The Morgan fingerprint density at radius 3 is 2.83 bits per heavy atom. The van der Waals surface area contributed by atoms with Gasteiger partial charge in [-0.2, -0.15) is 0 Å². The van der Waals surface area contributed by atoms with Crippen LogP contribution in [-0.4, -0.2) is 24.3 Å². The Labute approximate surface area is 108 Å². The van der Waals surface area contributed by atoms with Crippen LogP contribution < -0.4 is 4.74 Å². The second-order valence-electron chi connectivity index (χ2n) is 4.17. The molecule has 0 spiro atoms. The highest BCUT2D eigenvalue weighted by Crippen LogP contribution is 2.17. The van der Waals surface area contributed by atoms with Crippen molar-refractivity contribution in [1.82, 2.24) is 0 Å². The first-order chi connectivity index (χ1) is 8.67. The van der Waals surface area contributed by atoms with Gasteiger partial charge in [0.2, 0.25) is 0 Å². The lowest BCUT2D eigenvalue weighted by Gasteiger charge is -2.15. The molecule has 1 N–H and O–H groups in total. The molecular weight excluding hydrogens is 232 g/mol. The number of carbonyl (C=O) groups is 1. The number of hydrogen-bond acceptors (Lipinski definition) is 3. The van der Waals surface area contributed by atoms with Crippen LogP contribution >= 0.6 is 0 Å². The number of rotatable bonds is 8. The van der Waals surface area contributed by atoms with Crippen molar-refractivity contribution < 1.29 is 19.4 Å². The van der Waals surface area contributed by atoms with Crippen LogP contribution in [0.1, 0.15) is 31.7 Å². The third kappa shape index (κ3) is 4.75. The van der Waals surface area contributed by atoms with Gasteiger partial charge in [-0.3, -0.25) is 0 Å². The Balaban J connectivity index is 2.67. The number of benzene rings is 1. The van der Waals surface area contributed by atoms with E-state index in [0.29, 0.717) is 18.8 Å². The van der Waals surface area contributed by atoms with Crippen LogP contribution in [0.25, 0.3) is 0 Å². The summed E-state index contributed by atoms with van der Waals surface area (Å²) in [5.74, 6) is -0.339. The molecule has 1 rings (SSSR count). The predicted octanol–water partition coefficient (Wildman–Crippen LogP) is 2.86. The van der Waals surface area contributed by atoms with Gasteiger partial charge in [0.05, 0.1) is 6.61 Å². The van der Waals surface area contributed by atoms with Gasteiger partial charge in [-0.05, 0) is 30.5 Å². The summed E-state index contributed by atoms with van der Waals surface area (Å²) in [5, 5.41) is 9.08. The van der Waals surface area contributed by atoms with E-state index in [9.17, 15) is 4.79 Å². The first kappa shape index (κ1) is 14.5. The first-order valence-corrected chi connectivity index (χ1v) is 6.14. The minimum Gasteiger partial charge on any atom is -0.479 e. The van der Waals surface area contributed by atoms with Crippen molar-refractivity contribution in [3.05, 3.63) is 29.8 Å². The van der Waals surface area contributed by atoms with E-state index in [2.05, 4.69) is 0 Å². The van der Waals surface area contributed by atoms with Gasteiger partial charge in [-0.1, -0.05) is 25.5 Å². The molecule has 0 aromatic heterocycles. The minimum absolute atomic E-state index is 0.490. The van der Waals surface area contributed by atoms with E-state index >= 15 is 0 Å². The van der Waals surface area contributed by atoms with Gasteiger partial charge >= 0.3 is 5.97 Å². The molecule has 0 saturated carbocycles. The topological polar surface area (TPSA) is 55.8 Å². The monoisotopic (exact) mass is 252 g/mol.